The van der Waals surface area contributed by atoms with E-state index < -0.39 is 0 Å². The first-order valence-corrected chi connectivity index (χ1v) is 4.92. The molecule has 1 aromatic rings. The molecule has 0 spiro atoms. The van der Waals surface area contributed by atoms with Gasteiger partial charge in [-0.1, -0.05) is 13.0 Å². The predicted octanol–water partition coefficient (Wildman–Crippen LogP) is 2.41. The van der Waals surface area contributed by atoms with Crippen LogP contribution >= 0.6 is 15.9 Å². The fraction of sp³-hybridized carbons (Fsp3) is 0.300. The van der Waals surface area contributed by atoms with Gasteiger partial charge in [-0.15, -0.1) is 0 Å². The summed E-state index contributed by atoms with van der Waals surface area (Å²) in [6.45, 7) is 1.89. The zero-order chi connectivity index (χ0) is 9.84. The molecule has 0 aliphatic rings. The normalized spacial score (nSPS) is 12.5. The van der Waals surface area contributed by atoms with Crippen LogP contribution < -0.4 is 5.73 Å². The smallest absolute Gasteiger partial charge is 0.123 e. The van der Waals surface area contributed by atoms with Crippen LogP contribution in [0, 0.1) is 5.92 Å². The van der Waals surface area contributed by atoms with E-state index in [1.54, 1.807) is 0 Å². The maximum absolute atomic E-state index is 10.4. The van der Waals surface area contributed by atoms with Crippen LogP contribution in [-0.4, -0.2) is 6.29 Å². The highest BCUT2D eigenvalue weighted by Crippen LogP contribution is 2.21. The fourth-order valence-corrected chi connectivity index (χ4v) is 1.39. The third kappa shape index (κ3) is 2.84. The van der Waals surface area contributed by atoms with Gasteiger partial charge in [0.25, 0.3) is 0 Å². The minimum Gasteiger partial charge on any atom is -0.398 e. The Labute approximate surface area is 86.3 Å². The quantitative estimate of drug-likeness (QED) is 0.653. The molecular weight excluding hydrogens is 230 g/mol. The first-order valence-electron chi connectivity index (χ1n) is 4.12. The lowest BCUT2D eigenvalue weighted by Gasteiger charge is -2.05. The van der Waals surface area contributed by atoms with Crippen molar-refractivity contribution in [1.82, 2.24) is 0 Å². The van der Waals surface area contributed by atoms with E-state index in [1.807, 2.05) is 25.1 Å². The molecule has 0 fully saturated rings. The number of nitrogen functional groups attached to an aromatic ring is 1. The molecule has 1 unspecified atom stereocenters. The summed E-state index contributed by atoms with van der Waals surface area (Å²) in [4.78, 5) is 10.4. The van der Waals surface area contributed by atoms with Crippen molar-refractivity contribution in [3.63, 3.8) is 0 Å². The van der Waals surface area contributed by atoms with E-state index in [9.17, 15) is 4.79 Å². The number of carbonyl (C=O) groups excluding carboxylic acids is 1. The summed E-state index contributed by atoms with van der Waals surface area (Å²) < 4.78 is 0.898. The van der Waals surface area contributed by atoms with Crippen LogP contribution in [0.3, 0.4) is 0 Å². The number of nitrogens with two attached hydrogens (primary N) is 1. The minimum absolute atomic E-state index is 0.0561. The van der Waals surface area contributed by atoms with E-state index in [1.165, 1.54) is 0 Å². The average molecular weight is 242 g/mol. The number of carbonyl (C=O) groups is 1. The molecule has 0 heterocycles. The minimum atomic E-state index is 0.0561. The lowest BCUT2D eigenvalue weighted by Crippen LogP contribution is -2.01. The molecule has 13 heavy (non-hydrogen) atoms. The number of aldehydes is 1. The van der Waals surface area contributed by atoms with Crippen molar-refractivity contribution in [2.45, 2.75) is 13.3 Å². The van der Waals surface area contributed by atoms with Crippen LogP contribution in [0.1, 0.15) is 12.5 Å². The summed E-state index contributed by atoms with van der Waals surface area (Å²) in [5.41, 5.74) is 7.52. The van der Waals surface area contributed by atoms with E-state index in [0.717, 1.165) is 28.4 Å². The van der Waals surface area contributed by atoms with Crippen molar-refractivity contribution >= 4 is 27.9 Å². The van der Waals surface area contributed by atoms with Crippen LogP contribution in [-0.2, 0) is 11.2 Å². The standard InChI is InChI=1S/C10H12BrNO/c1-7(6-13)4-8-2-3-9(11)10(12)5-8/h2-3,5-7H,4,12H2,1H3. The fourth-order valence-electron chi connectivity index (χ4n) is 1.14. The summed E-state index contributed by atoms with van der Waals surface area (Å²) in [5.74, 6) is 0.0561. The second-order valence-corrected chi connectivity index (χ2v) is 4.03. The van der Waals surface area contributed by atoms with E-state index >= 15 is 0 Å². The molecule has 70 valence electrons. The first-order chi connectivity index (χ1) is 6.13. The molecular formula is C10H12BrNO. The third-order valence-corrected chi connectivity index (χ3v) is 2.57. The maximum atomic E-state index is 10.4. The number of rotatable bonds is 3. The van der Waals surface area contributed by atoms with Crippen LogP contribution in [0.25, 0.3) is 0 Å². The number of hydrogen-bond donors (Lipinski definition) is 1. The van der Waals surface area contributed by atoms with Crippen molar-refractivity contribution in [2.24, 2.45) is 5.92 Å². The monoisotopic (exact) mass is 241 g/mol. The van der Waals surface area contributed by atoms with Gasteiger partial charge < -0.3 is 10.5 Å². The molecule has 2 nitrogen and oxygen atoms in total. The molecule has 0 saturated carbocycles. The molecule has 0 aliphatic carbocycles. The summed E-state index contributed by atoms with van der Waals surface area (Å²) in [6.07, 6.45) is 1.71. The van der Waals surface area contributed by atoms with Crippen LogP contribution in [0.15, 0.2) is 22.7 Å². The van der Waals surface area contributed by atoms with Gasteiger partial charge in [-0.3, -0.25) is 0 Å². The number of halogens is 1. The van der Waals surface area contributed by atoms with Gasteiger partial charge in [-0.05, 0) is 40.0 Å². The molecule has 1 atom stereocenters. The Hall–Kier alpha value is -0.830. The Kier molecular flexibility index (Phi) is 3.48. The predicted molar refractivity (Wildman–Crippen MR) is 57.5 cm³/mol. The Morgan fingerprint density at radius 2 is 2.31 bits per heavy atom. The lowest BCUT2D eigenvalue weighted by molar-refractivity contribution is -0.110. The zero-order valence-corrected chi connectivity index (χ0v) is 9.04. The van der Waals surface area contributed by atoms with E-state index in [2.05, 4.69) is 15.9 Å². The Bertz CT molecular complexity index is 312. The second kappa shape index (κ2) is 4.42. The molecule has 2 N–H and O–H groups in total. The Balaban J connectivity index is 2.79. The van der Waals surface area contributed by atoms with Crippen molar-refractivity contribution in [1.29, 1.82) is 0 Å². The summed E-state index contributed by atoms with van der Waals surface area (Å²) in [5, 5.41) is 0. The third-order valence-electron chi connectivity index (χ3n) is 1.85. The summed E-state index contributed by atoms with van der Waals surface area (Å²) in [7, 11) is 0. The highest BCUT2D eigenvalue weighted by atomic mass is 79.9. The molecule has 0 radical (unpaired) electrons. The molecule has 0 saturated heterocycles. The van der Waals surface area contributed by atoms with Gasteiger partial charge in [-0.25, -0.2) is 0 Å². The van der Waals surface area contributed by atoms with Gasteiger partial charge in [0.2, 0.25) is 0 Å². The highest BCUT2D eigenvalue weighted by Gasteiger charge is 2.03. The van der Waals surface area contributed by atoms with Crippen LogP contribution in [0.2, 0.25) is 0 Å². The van der Waals surface area contributed by atoms with Crippen molar-refractivity contribution in [3.8, 4) is 0 Å². The van der Waals surface area contributed by atoms with Gasteiger partial charge in [0.15, 0.2) is 0 Å². The van der Waals surface area contributed by atoms with Crippen LogP contribution in [0.5, 0.6) is 0 Å². The van der Waals surface area contributed by atoms with Gasteiger partial charge in [0.05, 0.1) is 0 Å². The topological polar surface area (TPSA) is 43.1 Å². The molecule has 3 heteroatoms. The van der Waals surface area contributed by atoms with Crippen molar-refractivity contribution < 1.29 is 4.79 Å². The maximum Gasteiger partial charge on any atom is 0.123 e. The average Bonchev–Trinajstić information content (AvgIpc) is 2.11. The molecule has 0 aliphatic heterocycles. The Morgan fingerprint density at radius 3 is 2.85 bits per heavy atom. The van der Waals surface area contributed by atoms with Gasteiger partial charge >= 0.3 is 0 Å². The first kappa shape index (κ1) is 10.3. The SMILES string of the molecule is CC(C=O)Cc1ccc(Br)c(N)c1. The summed E-state index contributed by atoms with van der Waals surface area (Å²) >= 11 is 3.32. The number of anilines is 1. The van der Waals surface area contributed by atoms with E-state index in [-0.39, 0.29) is 5.92 Å². The van der Waals surface area contributed by atoms with E-state index in [0.29, 0.717) is 0 Å². The number of benzene rings is 1. The number of hydrogen-bond acceptors (Lipinski definition) is 2. The van der Waals surface area contributed by atoms with Gasteiger partial charge in [0.1, 0.15) is 6.29 Å². The van der Waals surface area contributed by atoms with Crippen molar-refractivity contribution in [3.05, 3.63) is 28.2 Å². The Morgan fingerprint density at radius 1 is 1.62 bits per heavy atom. The van der Waals surface area contributed by atoms with Crippen LogP contribution in [0.4, 0.5) is 5.69 Å². The molecule has 0 aromatic heterocycles. The van der Waals surface area contributed by atoms with E-state index in [4.69, 9.17) is 5.73 Å². The lowest BCUT2D eigenvalue weighted by atomic mass is 10.0. The molecule has 0 amide bonds. The van der Waals surface area contributed by atoms with Crippen molar-refractivity contribution in [2.75, 3.05) is 5.73 Å². The van der Waals surface area contributed by atoms with Gasteiger partial charge in [-0.2, -0.15) is 0 Å². The van der Waals surface area contributed by atoms with Gasteiger partial charge in [0, 0.05) is 16.1 Å². The molecule has 1 aromatic carbocycles. The molecule has 1 rings (SSSR count). The highest BCUT2D eigenvalue weighted by molar-refractivity contribution is 9.10. The zero-order valence-electron chi connectivity index (χ0n) is 7.46. The largest absolute Gasteiger partial charge is 0.398 e. The summed E-state index contributed by atoms with van der Waals surface area (Å²) in [6, 6.07) is 5.77. The molecule has 0 bridgehead atoms. The second-order valence-electron chi connectivity index (χ2n) is 3.17.